The Bertz CT molecular complexity index is 623. The zero-order valence-corrected chi connectivity index (χ0v) is 11.4. The molecule has 3 N–H and O–H groups in total. The van der Waals surface area contributed by atoms with Gasteiger partial charge in [-0.3, -0.25) is 9.82 Å². The summed E-state index contributed by atoms with van der Waals surface area (Å²) in [6.07, 6.45) is 1.40. The number of nitrogens with zero attached hydrogens (tertiary/aromatic N) is 1. The summed E-state index contributed by atoms with van der Waals surface area (Å²) in [5, 5.41) is 9.31. The van der Waals surface area contributed by atoms with Gasteiger partial charge in [0.2, 0.25) is 0 Å². The molecule has 0 bridgehead atoms. The van der Waals surface area contributed by atoms with Crippen LogP contribution >= 0.6 is 0 Å². The summed E-state index contributed by atoms with van der Waals surface area (Å²) in [5.74, 6) is 0. The van der Waals surface area contributed by atoms with E-state index in [1.807, 2.05) is 19.1 Å². The molecule has 0 unspecified atom stereocenters. The SMILES string of the molecule is CCNCc1ccccc1NS(=O)(=O)c1ccn[nH]1. The molecule has 0 aliphatic carbocycles. The van der Waals surface area contributed by atoms with Crippen molar-refractivity contribution in [1.29, 1.82) is 0 Å². The quantitative estimate of drug-likeness (QED) is 0.745. The molecule has 19 heavy (non-hydrogen) atoms. The van der Waals surface area contributed by atoms with Gasteiger partial charge in [-0.2, -0.15) is 13.5 Å². The lowest BCUT2D eigenvalue weighted by Crippen LogP contribution is -2.17. The molecule has 0 saturated heterocycles. The fraction of sp³-hybridized carbons (Fsp3) is 0.250. The number of rotatable bonds is 6. The zero-order valence-electron chi connectivity index (χ0n) is 10.6. The van der Waals surface area contributed by atoms with E-state index in [9.17, 15) is 8.42 Å². The molecule has 0 amide bonds. The number of benzene rings is 1. The maximum Gasteiger partial charge on any atom is 0.278 e. The third-order valence-corrected chi connectivity index (χ3v) is 3.89. The number of hydrogen-bond donors (Lipinski definition) is 3. The smallest absolute Gasteiger partial charge is 0.278 e. The second kappa shape index (κ2) is 5.85. The van der Waals surface area contributed by atoms with Gasteiger partial charge < -0.3 is 5.32 Å². The van der Waals surface area contributed by atoms with Crippen molar-refractivity contribution in [1.82, 2.24) is 15.5 Å². The highest BCUT2D eigenvalue weighted by atomic mass is 32.2. The molecule has 1 heterocycles. The summed E-state index contributed by atoms with van der Waals surface area (Å²) in [6.45, 7) is 3.43. The summed E-state index contributed by atoms with van der Waals surface area (Å²) in [5.41, 5.74) is 1.46. The maximum absolute atomic E-state index is 12.1. The Balaban J connectivity index is 2.24. The number of aromatic nitrogens is 2. The van der Waals surface area contributed by atoms with Gasteiger partial charge >= 0.3 is 0 Å². The lowest BCUT2D eigenvalue weighted by molar-refractivity contribution is 0.597. The minimum atomic E-state index is -3.61. The van der Waals surface area contributed by atoms with Gasteiger partial charge in [-0.25, -0.2) is 0 Å². The van der Waals surface area contributed by atoms with Gasteiger partial charge in [0.15, 0.2) is 5.03 Å². The summed E-state index contributed by atoms with van der Waals surface area (Å²) < 4.78 is 26.7. The van der Waals surface area contributed by atoms with Crippen LogP contribution in [0.5, 0.6) is 0 Å². The number of para-hydroxylation sites is 1. The highest BCUT2D eigenvalue weighted by Crippen LogP contribution is 2.18. The summed E-state index contributed by atoms with van der Waals surface area (Å²) in [6, 6.07) is 8.70. The standard InChI is InChI=1S/C12H16N4O2S/c1-2-13-9-10-5-3-4-6-11(10)16-19(17,18)12-7-8-14-15-12/h3-8,13,16H,2,9H2,1H3,(H,14,15). The fourth-order valence-electron chi connectivity index (χ4n) is 1.63. The molecule has 0 saturated carbocycles. The molecule has 0 aliphatic rings. The third-order valence-electron chi connectivity index (χ3n) is 2.59. The Morgan fingerprint density at radius 3 is 2.74 bits per heavy atom. The summed E-state index contributed by atoms with van der Waals surface area (Å²) >= 11 is 0. The average Bonchev–Trinajstić information content (AvgIpc) is 2.92. The molecule has 7 heteroatoms. The average molecular weight is 280 g/mol. The van der Waals surface area contributed by atoms with Crippen molar-refractivity contribution in [3.05, 3.63) is 42.1 Å². The molecule has 102 valence electrons. The molecule has 1 aromatic carbocycles. The molecular formula is C12H16N4O2S. The van der Waals surface area contributed by atoms with Gasteiger partial charge in [0.05, 0.1) is 11.9 Å². The van der Waals surface area contributed by atoms with Crippen LogP contribution < -0.4 is 10.0 Å². The van der Waals surface area contributed by atoms with Gasteiger partial charge in [0.1, 0.15) is 0 Å². The highest BCUT2D eigenvalue weighted by molar-refractivity contribution is 7.92. The predicted octanol–water partition coefficient (Wildman–Crippen LogP) is 1.32. The number of H-pyrrole nitrogens is 1. The van der Waals surface area contributed by atoms with Gasteiger partial charge in [0, 0.05) is 6.54 Å². The van der Waals surface area contributed by atoms with E-state index in [2.05, 4.69) is 20.2 Å². The molecule has 2 aromatic rings. The van der Waals surface area contributed by atoms with Gasteiger partial charge in [-0.1, -0.05) is 25.1 Å². The van der Waals surface area contributed by atoms with E-state index in [1.54, 1.807) is 12.1 Å². The molecule has 0 aliphatic heterocycles. The van der Waals surface area contributed by atoms with Crippen molar-refractivity contribution < 1.29 is 8.42 Å². The number of nitrogens with one attached hydrogen (secondary N) is 3. The van der Waals surface area contributed by atoms with Crippen molar-refractivity contribution >= 4 is 15.7 Å². The zero-order chi connectivity index (χ0) is 13.7. The molecule has 0 radical (unpaired) electrons. The van der Waals surface area contributed by atoms with Crippen molar-refractivity contribution in [2.45, 2.75) is 18.5 Å². The van der Waals surface area contributed by atoms with E-state index in [0.717, 1.165) is 12.1 Å². The number of anilines is 1. The lowest BCUT2D eigenvalue weighted by atomic mass is 10.2. The van der Waals surface area contributed by atoms with Gasteiger partial charge in [-0.15, -0.1) is 0 Å². The second-order valence-corrected chi connectivity index (χ2v) is 5.61. The first-order chi connectivity index (χ1) is 9.13. The van der Waals surface area contributed by atoms with Crippen LogP contribution in [0, 0.1) is 0 Å². The van der Waals surface area contributed by atoms with Gasteiger partial charge in [0.25, 0.3) is 10.0 Å². The van der Waals surface area contributed by atoms with Crippen LogP contribution in [0.1, 0.15) is 12.5 Å². The van der Waals surface area contributed by atoms with E-state index in [4.69, 9.17) is 0 Å². The Labute approximate surface area is 112 Å². The van der Waals surface area contributed by atoms with Crippen molar-refractivity contribution in [2.75, 3.05) is 11.3 Å². The first kappa shape index (κ1) is 13.6. The molecular weight excluding hydrogens is 264 g/mol. The highest BCUT2D eigenvalue weighted by Gasteiger charge is 2.16. The monoisotopic (exact) mass is 280 g/mol. The predicted molar refractivity (Wildman–Crippen MR) is 73.2 cm³/mol. The summed E-state index contributed by atoms with van der Waals surface area (Å²) in [4.78, 5) is 0. The van der Waals surface area contributed by atoms with E-state index in [1.165, 1.54) is 12.3 Å². The minimum Gasteiger partial charge on any atom is -0.313 e. The maximum atomic E-state index is 12.1. The Morgan fingerprint density at radius 1 is 1.26 bits per heavy atom. The summed E-state index contributed by atoms with van der Waals surface area (Å²) in [7, 11) is -3.61. The van der Waals surface area contributed by atoms with Crippen LogP contribution in [0.4, 0.5) is 5.69 Å². The molecule has 0 atom stereocenters. The second-order valence-electron chi connectivity index (χ2n) is 3.96. The van der Waals surface area contributed by atoms with Crippen LogP contribution in [0.25, 0.3) is 0 Å². The third kappa shape index (κ3) is 3.33. The van der Waals surface area contributed by atoms with E-state index in [0.29, 0.717) is 12.2 Å². The van der Waals surface area contributed by atoms with Crippen LogP contribution in [-0.2, 0) is 16.6 Å². The number of sulfonamides is 1. The van der Waals surface area contributed by atoms with E-state index >= 15 is 0 Å². The van der Waals surface area contributed by atoms with Crippen LogP contribution in [-0.4, -0.2) is 25.2 Å². The van der Waals surface area contributed by atoms with Gasteiger partial charge in [-0.05, 0) is 24.2 Å². The normalized spacial score (nSPS) is 11.4. The number of hydrogen-bond acceptors (Lipinski definition) is 4. The number of aromatic amines is 1. The van der Waals surface area contributed by atoms with Crippen LogP contribution in [0.3, 0.4) is 0 Å². The topological polar surface area (TPSA) is 86.9 Å². The van der Waals surface area contributed by atoms with Crippen molar-refractivity contribution in [3.8, 4) is 0 Å². The Kier molecular flexibility index (Phi) is 4.18. The van der Waals surface area contributed by atoms with Crippen molar-refractivity contribution in [2.24, 2.45) is 0 Å². The molecule has 6 nitrogen and oxygen atoms in total. The Morgan fingerprint density at radius 2 is 2.05 bits per heavy atom. The molecule has 0 fully saturated rings. The minimum absolute atomic E-state index is 0.0470. The Hall–Kier alpha value is -1.86. The molecule has 2 rings (SSSR count). The first-order valence-corrected chi connectivity index (χ1v) is 7.42. The first-order valence-electron chi connectivity index (χ1n) is 5.94. The van der Waals surface area contributed by atoms with Crippen LogP contribution in [0.15, 0.2) is 41.6 Å². The molecule has 1 aromatic heterocycles. The molecule has 0 spiro atoms. The lowest BCUT2D eigenvalue weighted by Gasteiger charge is -2.11. The van der Waals surface area contributed by atoms with Crippen molar-refractivity contribution in [3.63, 3.8) is 0 Å². The van der Waals surface area contributed by atoms with Crippen LogP contribution in [0.2, 0.25) is 0 Å². The largest absolute Gasteiger partial charge is 0.313 e. The van der Waals surface area contributed by atoms with E-state index in [-0.39, 0.29) is 5.03 Å². The van der Waals surface area contributed by atoms with E-state index < -0.39 is 10.0 Å². The fourth-order valence-corrected chi connectivity index (χ4v) is 2.64.